The lowest BCUT2D eigenvalue weighted by Crippen LogP contribution is -2.33. The van der Waals surface area contributed by atoms with Crippen molar-refractivity contribution in [3.63, 3.8) is 0 Å². The van der Waals surface area contributed by atoms with E-state index in [-0.39, 0.29) is 18.2 Å². The fourth-order valence-electron chi connectivity index (χ4n) is 2.11. The van der Waals surface area contributed by atoms with Crippen LogP contribution in [0, 0.1) is 0 Å². The average molecular weight is 294 g/mol. The molecule has 7 nitrogen and oxygen atoms in total. The van der Waals surface area contributed by atoms with Crippen molar-refractivity contribution in [2.75, 3.05) is 6.61 Å². The number of rotatable bonds is 7. The van der Waals surface area contributed by atoms with Gasteiger partial charge in [-0.3, -0.25) is 4.79 Å². The highest BCUT2D eigenvalue weighted by Gasteiger charge is 2.29. The predicted octanol–water partition coefficient (Wildman–Crippen LogP) is 1.25. The topological polar surface area (TPSA) is 86.1 Å². The molecule has 1 heterocycles. The van der Waals surface area contributed by atoms with Crippen LogP contribution in [0.3, 0.4) is 0 Å². The summed E-state index contributed by atoms with van der Waals surface area (Å²) in [5.74, 6) is -0.572. The summed E-state index contributed by atoms with van der Waals surface area (Å²) in [5, 5.41) is 10.8. The summed E-state index contributed by atoms with van der Waals surface area (Å²) in [6.45, 7) is 5.80. The number of amides is 1. The van der Waals surface area contributed by atoms with Gasteiger partial charge in [0.1, 0.15) is 6.04 Å². The van der Waals surface area contributed by atoms with Crippen LogP contribution in [0.1, 0.15) is 62.3 Å². The SMILES string of the molecule is CCCc1c(C(=O)OCC)nnn1C(C)C(=O)NC1CC1. The molecule has 7 heteroatoms. The summed E-state index contributed by atoms with van der Waals surface area (Å²) in [6, 6.07) is -0.189. The van der Waals surface area contributed by atoms with Crippen LogP contribution in [0.4, 0.5) is 0 Å². The van der Waals surface area contributed by atoms with Crippen molar-refractivity contribution in [3.05, 3.63) is 11.4 Å². The van der Waals surface area contributed by atoms with E-state index in [2.05, 4.69) is 15.6 Å². The molecule has 0 radical (unpaired) electrons. The highest BCUT2D eigenvalue weighted by atomic mass is 16.5. The number of aromatic nitrogens is 3. The van der Waals surface area contributed by atoms with E-state index in [1.807, 2.05) is 6.92 Å². The molecule has 0 aromatic carbocycles. The van der Waals surface area contributed by atoms with Gasteiger partial charge in [0, 0.05) is 6.04 Å². The predicted molar refractivity (Wildman–Crippen MR) is 75.8 cm³/mol. The summed E-state index contributed by atoms with van der Waals surface area (Å²) >= 11 is 0. The van der Waals surface area contributed by atoms with Gasteiger partial charge < -0.3 is 10.1 Å². The van der Waals surface area contributed by atoms with Gasteiger partial charge in [0.2, 0.25) is 5.91 Å². The number of ether oxygens (including phenoxy) is 1. The number of nitrogens with one attached hydrogen (secondary N) is 1. The second-order valence-electron chi connectivity index (χ2n) is 5.26. The zero-order valence-electron chi connectivity index (χ0n) is 12.8. The molecule has 0 aliphatic heterocycles. The number of carbonyl (C=O) groups excluding carboxylic acids is 2. The highest BCUT2D eigenvalue weighted by Crippen LogP contribution is 2.21. The molecule has 116 valence electrons. The third kappa shape index (κ3) is 3.59. The Kier molecular flexibility index (Phi) is 4.93. The zero-order chi connectivity index (χ0) is 15.4. The standard InChI is InChI=1S/C14H22N4O3/c1-4-6-11-12(14(20)21-5-2)16-17-18(11)9(3)13(19)15-10-7-8-10/h9-10H,4-8H2,1-3H3,(H,15,19). The normalized spacial score (nSPS) is 15.6. The third-order valence-corrected chi connectivity index (χ3v) is 3.42. The van der Waals surface area contributed by atoms with Crippen molar-refractivity contribution < 1.29 is 14.3 Å². The van der Waals surface area contributed by atoms with Crippen molar-refractivity contribution in [3.8, 4) is 0 Å². The average Bonchev–Trinajstić information content (AvgIpc) is 3.16. The van der Waals surface area contributed by atoms with Gasteiger partial charge in [-0.15, -0.1) is 5.10 Å². The van der Waals surface area contributed by atoms with E-state index in [4.69, 9.17) is 4.74 Å². The summed E-state index contributed by atoms with van der Waals surface area (Å²) in [4.78, 5) is 24.0. The van der Waals surface area contributed by atoms with Gasteiger partial charge in [0.15, 0.2) is 5.69 Å². The fraction of sp³-hybridized carbons (Fsp3) is 0.714. The molecule has 1 aromatic rings. The zero-order valence-corrected chi connectivity index (χ0v) is 12.8. The van der Waals surface area contributed by atoms with Gasteiger partial charge in [0.05, 0.1) is 12.3 Å². The van der Waals surface area contributed by atoms with E-state index < -0.39 is 12.0 Å². The lowest BCUT2D eigenvalue weighted by molar-refractivity contribution is -0.124. The molecule has 0 saturated heterocycles. The Balaban J connectivity index is 2.20. The minimum atomic E-state index is -0.484. The number of esters is 1. The van der Waals surface area contributed by atoms with E-state index in [0.29, 0.717) is 18.2 Å². The summed E-state index contributed by atoms with van der Waals surface area (Å²) in [7, 11) is 0. The van der Waals surface area contributed by atoms with Gasteiger partial charge in [-0.2, -0.15) is 0 Å². The lowest BCUT2D eigenvalue weighted by Gasteiger charge is -2.14. The smallest absolute Gasteiger partial charge is 0.360 e. The molecule has 0 spiro atoms. The molecular formula is C14H22N4O3. The fourth-order valence-corrected chi connectivity index (χ4v) is 2.11. The van der Waals surface area contributed by atoms with Crippen LogP contribution < -0.4 is 5.32 Å². The molecule has 1 aliphatic rings. The molecule has 1 unspecified atom stereocenters. The summed E-state index contributed by atoms with van der Waals surface area (Å²) < 4.78 is 6.52. The first-order valence-corrected chi connectivity index (χ1v) is 7.50. The maximum atomic E-state index is 12.1. The summed E-state index contributed by atoms with van der Waals surface area (Å²) in [5.41, 5.74) is 0.874. The van der Waals surface area contributed by atoms with Crippen molar-refractivity contribution >= 4 is 11.9 Å². The Bertz CT molecular complexity index is 522. The first-order valence-electron chi connectivity index (χ1n) is 7.50. The van der Waals surface area contributed by atoms with Crippen LogP contribution in [-0.2, 0) is 16.0 Å². The highest BCUT2D eigenvalue weighted by molar-refractivity contribution is 5.88. The maximum absolute atomic E-state index is 12.1. The van der Waals surface area contributed by atoms with Gasteiger partial charge in [0.25, 0.3) is 0 Å². The minimum absolute atomic E-state index is 0.0878. The largest absolute Gasteiger partial charge is 0.461 e. The van der Waals surface area contributed by atoms with Crippen molar-refractivity contribution in [2.24, 2.45) is 0 Å². The van der Waals surface area contributed by atoms with Crippen LogP contribution in [0.15, 0.2) is 0 Å². The molecule has 0 bridgehead atoms. The Labute approximate surface area is 124 Å². The first kappa shape index (κ1) is 15.5. The number of hydrogen-bond acceptors (Lipinski definition) is 5. The minimum Gasteiger partial charge on any atom is -0.461 e. The molecule has 1 N–H and O–H groups in total. The van der Waals surface area contributed by atoms with Crippen molar-refractivity contribution in [1.29, 1.82) is 0 Å². The molecular weight excluding hydrogens is 272 g/mol. The van der Waals surface area contributed by atoms with Crippen LogP contribution in [0.25, 0.3) is 0 Å². The summed E-state index contributed by atoms with van der Waals surface area (Å²) in [6.07, 6.45) is 3.52. The molecule has 1 fully saturated rings. The van der Waals surface area contributed by atoms with E-state index in [1.54, 1.807) is 13.8 Å². The van der Waals surface area contributed by atoms with Crippen LogP contribution in [0.5, 0.6) is 0 Å². The van der Waals surface area contributed by atoms with Crippen LogP contribution in [-0.4, -0.2) is 39.5 Å². The van der Waals surface area contributed by atoms with Crippen LogP contribution >= 0.6 is 0 Å². The van der Waals surface area contributed by atoms with E-state index in [9.17, 15) is 9.59 Å². The molecule has 2 rings (SSSR count). The Morgan fingerprint density at radius 2 is 2.14 bits per heavy atom. The third-order valence-electron chi connectivity index (χ3n) is 3.42. The van der Waals surface area contributed by atoms with Crippen molar-refractivity contribution in [1.82, 2.24) is 20.3 Å². The molecule has 1 aromatic heterocycles. The van der Waals surface area contributed by atoms with E-state index >= 15 is 0 Å². The number of nitrogens with zero attached hydrogens (tertiary/aromatic N) is 3. The van der Waals surface area contributed by atoms with Crippen molar-refractivity contribution in [2.45, 2.75) is 58.5 Å². The first-order chi connectivity index (χ1) is 10.1. The Hall–Kier alpha value is -1.92. The molecule has 1 aliphatic carbocycles. The van der Waals surface area contributed by atoms with Gasteiger partial charge in [-0.25, -0.2) is 9.48 Å². The van der Waals surface area contributed by atoms with Gasteiger partial charge in [-0.05, 0) is 33.1 Å². The molecule has 1 saturated carbocycles. The quantitative estimate of drug-likeness (QED) is 0.765. The van der Waals surface area contributed by atoms with Crippen LogP contribution in [0.2, 0.25) is 0 Å². The van der Waals surface area contributed by atoms with E-state index in [1.165, 1.54) is 4.68 Å². The lowest BCUT2D eigenvalue weighted by atomic mass is 10.2. The maximum Gasteiger partial charge on any atom is 0.360 e. The second-order valence-corrected chi connectivity index (χ2v) is 5.26. The molecule has 21 heavy (non-hydrogen) atoms. The molecule has 1 atom stereocenters. The Morgan fingerprint density at radius 1 is 1.43 bits per heavy atom. The number of carbonyl (C=O) groups is 2. The number of hydrogen-bond donors (Lipinski definition) is 1. The van der Waals surface area contributed by atoms with E-state index in [0.717, 1.165) is 19.3 Å². The molecule has 1 amide bonds. The second kappa shape index (κ2) is 6.69. The van der Waals surface area contributed by atoms with Gasteiger partial charge in [-0.1, -0.05) is 18.6 Å². The monoisotopic (exact) mass is 294 g/mol. The Morgan fingerprint density at radius 3 is 2.71 bits per heavy atom. The van der Waals surface area contributed by atoms with Gasteiger partial charge >= 0.3 is 5.97 Å².